The molecule has 0 aromatic carbocycles. The van der Waals surface area contributed by atoms with Crippen molar-refractivity contribution in [3.8, 4) is 11.8 Å². The maximum atomic E-state index is 13.2. The van der Waals surface area contributed by atoms with Gasteiger partial charge in [-0.1, -0.05) is 6.92 Å². The first kappa shape index (κ1) is 19.7. The standard InChI is InChI=1S/C24H35F3/c1-3-4-5-6-17-9-12-22-21-10-7-16-15-18(24(25,26)27)8-11-19(16)20(21)13-14-23(17,22)2/h16-22H,5-15H2,1-2H3. The van der Waals surface area contributed by atoms with Crippen LogP contribution in [0.1, 0.15) is 84.5 Å². The lowest BCUT2D eigenvalue weighted by Crippen LogP contribution is -2.49. The zero-order chi connectivity index (χ0) is 19.2. The van der Waals surface area contributed by atoms with E-state index in [1.165, 1.54) is 38.5 Å². The number of fused-ring (bicyclic) bond motifs is 5. The fourth-order valence-corrected chi connectivity index (χ4v) is 8.10. The van der Waals surface area contributed by atoms with Crippen LogP contribution >= 0.6 is 0 Å². The largest absolute Gasteiger partial charge is 0.391 e. The highest BCUT2D eigenvalue weighted by Gasteiger charge is 2.57. The van der Waals surface area contributed by atoms with Gasteiger partial charge in [0.15, 0.2) is 0 Å². The summed E-state index contributed by atoms with van der Waals surface area (Å²) in [5.74, 6) is 9.31. The molecule has 0 nitrogen and oxygen atoms in total. The molecule has 0 aromatic rings. The van der Waals surface area contributed by atoms with E-state index in [0.29, 0.717) is 36.0 Å². The Hall–Kier alpha value is -0.650. The molecule has 27 heavy (non-hydrogen) atoms. The summed E-state index contributed by atoms with van der Waals surface area (Å²) in [6, 6.07) is 0. The Kier molecular flexibility index (Phi) is 5.32. The Morgan fingerprint density at radius 3 is 2.44 bits per heavy atom. The van der Waals surface area contributed by atoms with Crippen molar-refractivity contribution in [2.45, 2.75) is 90.7 Å². The van der Waals surface area contributed by atoms with Gasteiger partial charge in [0.25, 0.3) is 0 Å². The van der Waals surface area contributed by atoms with E-state index in [0.717, 1.165) is 37.0 Å². The molecule has 8 unspecified atom stereocenters. The van der Waals surface area contributed by atoms with E-state index in [9.17, 15) is 13.2 Å². The maximum absolute atomic E-state index is 13.2. The lowest BCUT2D eigenvalue weighted by atomic mass is 9.49. The smallest absolute Gasteiger partial charge is 0.171 e. The Balaban J connectivity index is 1.45. The molecule has 0 spiro atoms. The number of alkyl halides is 3. The van der Waals surface area contributed by atoms with E-state index in [1.54, 1.807) is 0 Å². The summed E-state index contributed by atoms with van der Waals surface area (Å²) >= 11 is 0. The van der Waals surface area contributed by atoms with Crippen LogP contribution in [-0.4, -0.2) is 6.18 Å². The van der Waals surface area contributed by atoms with E-state index in [-0.39, 0.29) is 0 Å². The fourth-order valence-electron chi connectivity index (χ4n) is 8.10. The predicted octanol–water partition coefficient (Wildman–Crippen LogP) is 7.24. The van der Waals surface area contributed by atoms with E-state index >= 15 is 0 Å². The van der Waals surface area contributed by atoms with Gasteiger partial charge in [-0.3, -0.25) is 0 Å². The van der Waals surface area contributed by atoms with Gasteiger partial charge in [-0.2, -0.15) is 13.2 Å². The summed E-state index contributed by atoms with van der Waals surface area (Å²) in [7, 11) is 0. The molecule has 0 radical (unpaired) electrons. The van der Waals surface area contributed by atoms with E-state index < -0.39 is 12.1 Å². The molecule has 152 valence electrons. The Morgan fingerprint density at radius 2 is 1.70 bits per heavy atom. The van der Waals surface area contributed by atoms with E-state index in [2.05, 4.69) is 18.8 Å². The minimum atomic E-state index is -3.98. The molecule has 0 aromatic heterocycles. The Labute approximate surface area is 163 Å². The van der Waals surface area contributed by atoms with Crippen LogP contribution in [0.25, 0.3) is 0 Å². The monoisotopic (exact) mass is 380 g/mol. The second-order valence-corrected chi connectivity index (χ2v) is 10.3. The highest BCUT2D eigenvalue weighted by Crippen LogP contribution is 2.65. The molecule has 0 bridgehead atoms. The quantitative estimate of drug-likeness (QED) is 0.443. The first-order chi connectivity index (χ1) is 12.8. The average Bonchev–Trinajstić information content (AvgIpc) is 2.97. The van der Waals surface area contributed by atoms with Crippen LogP contribution in [0.4, 0.5) is 13.2 Å². The number of halogens is 3. The molecule has 0 saturated heterocycles. The van der Waals surface area contributed by atoms with Crippen molar-refractivity contribution >= 4 is 0 Å². The van der Waals surface area contributed by atoms with Crippen molar-refractivity contribution in [3.63, 3.8) is 0 Å². The van der Waals surface area contributed by atoms with Crippen molar-refractivity contribution < 1.29 is 13.2 Å². The molecule has 0 amide bonds. The van der Waals surface area contributed by atoms with Crippen molar-refractivity contribution in [2.75, 3.05) is 0 Å². The first-order valence-electron chi connectivity index (χ1n) is 11.3. The van der Waals surface area contributed by atoms with Gasteiger partial charge in [0.1, 0.15) is 0 Å². The third kappa shape index (κ3) is 3.44. The molecular weight excluding hydrogens is 345 g/mol. The van der Waals surface area contributed by atoms with E-state index in [1.807, 2.05) is 6.92 Å². The zero-order valence-electron chi connectivity index (χ0n) is 17.0. The Morgan fingerprint density at radius 1 is 0.926 bits per heavy atom. The summed E-state index contributed by atoms with van der Waals surface area (Å²) in [4.78, 5) is 0. The van der Waals surface area contributed by atoms with Gasteiger partial charge < -0.3 is 0 Å². The van der Waals surface area contributed by atoms with Crippen LogP contribution in [0.3, 0.4) is 0 Å². The zero-order valence-corrected chi connectivity index (χ0v) is 17.0. The minimum Gasteiger partial charge on any atom is -0.171 e. The molecule has 0 aliphatic heterocycles. The number of hydrogen-bond donors (Lipinski definition) is 0. The van der Waals surface area contributed by atoms with E-state index in [4.69, 9.17) is 0 Å². The normalized spacial score (nSPS) is 46.6. The Bertz CT molecular complexity index is 597. The summed E-state index contributed by atoms with van der Waals surface area (Å²) in [6.45, 7) is 4.47. The lowest BCUT2D eigenvalue weighted by molar-refractivity contribution is -0.196. The van der Waals surface area contributed by atoms with Crippen LogP contribution in [0.15, 0.2) is 0 Å². The fraction of sp³-hybridized carbons (Fsp3) is 0.917. The molecule has 0 N–H and O–H groups in total. The summed E-state index contributed by atoms with van der Waals surface area (Å²) in [6.07, 6.45) is 7.43. The second-order valence-electron chi connectivity index (χ2n) is 10.3. The van der Waals surface area contributed by atoms with Gasteiger partial charge in [-0.05, 0) is 112 Å². The third-order valence-corrected chi connectivity index (χ3v) is 9.41. The lowest BCUT2D eigenvalue weighted by Gasteiger charge is -2.56. The molecule has 0 heterocycles. The van der Waals surface area contributed by atoms with Gasteiger partial charge in [0.2, 0.25) is 0 Å². The van der Waals surface area contributed by atoms with Crippen molar-refractivity contribution in [1.82, 2.24) is 0 Å². The first-order valence-corrected chi connectivity index (χ1v) is 11.3. The second kappa shape index (κ2) is 7.31. The molecular formula is C24H35F3. The van der Waals surface area contributed by atoms with Gasteiger partial charge in [0, 0.05) is 6.42 Å². The molecule has 4 aliphatic rings. The maximum Gasteiger partial charge on any atom is 0.391 e. The highest BCUT2D eigenvalue weighted by atomic mass is 19.4. The van der Waals surface area contributed by atoms with Gasteiger partial charge >= 0.3 is 6.18 Å². The SMILES string of the molecule is CC#CCCC1CCC2C3CCC4CC(C(F)(F)F)CCC4C3CCC12C. The molecule has 3 heteroatoms. The van der Waals surface area contributed by atoms with Crippen molar-refractivity contribution in [2.24, 2.45) is 46.8 Å². The molecule has 8 atom stereocenters. The van der Waals surface area contributed by atoms with Gasteiger partial charge in [-0.15, -0.1) is 11.8 Å². The summed E-state index contributed by atoms with van der Waals surface area (Å²) in [5.41, 5.74) is 0.465. The molecule has 4 rings (SSSR count). The third-order valence-electron chi connectivity index (χ3n) is 9.41. The predicted molar refractivity (Wildman–Crippen MR) is 103 cm³/mol. The summed E-state index contributed by atoms with van der Waals surface area (Å²) in [5, 5.41) is 0. The van der Waals surface area contributed by atoms with Gasteiger partial charge in [0.05, 0.1) is 5.92 Å². The van der Waals surface area contributed by atoms with Crippen LogP contribution in [0, 0.1) is 58.7 Å². The van der Waals surface area contributed by atoms with Crippen molar-refractivity contribution in [3.05, 3.63) is 0 Å². The highest BCUT2D eigenvalue weighted by molar-refractivity contribution is 5.07. The van der Waals surface area contributed by atoms with Crippen LogP contribution in [-0.2, 0) is 0 Å². The van der Waals surface area contributed by atoms with Crippen molar-refractivity contribution in [1.29, 1.82) is 0 Å². The van der Waals surface area contributed by atoms with Crippen LogP contribution in [0.2, 0.25) is 0 Å². The van der Waals surface area contributed by atoms with Crippen LogP contribution < -0.4 is 0 Å². The summed E-state index contributed by atoms with van der Waals surface area (Å²) < 4.78 is 39.7. The molecule has 4 saturated carbocycles. The van der Waals surface area contributed by atoms with Gasteiger partial charge in [-0.25, -0.2) is 0 Å². The number of hydrogen-bond acceptors (Lipinski definition) is 0. The molecule has 4 aliphatic carbocycles. The average molecular weight is 381 g/mol. The topological polar surface area (TPSA) is 0 Å². The minimum absolute atomic E-state index is 0.341. The number of rotatable bonds is 2. The molecule has 4 fully saturated rings. The van der Waals surface area contributed by atoms with Crippen LogP contribution in [0.5, 0.6) is 0 Å².